The van der Waals surface area contributed by atoms with E-state index in [4.69, 9.17) is 4.74 Å². The van der Waals surface area contributed by atoms with Crippen molar-refractivity contribution in [3.8, 4) is 0 Å². The lowest BCUT2D eigenvalue weighted by Crippen LogP contribution is -2.60. The summed E-state index contributed by atoms with van der Waals surface area (Å²) in [5.41, 5.74) is 1.38. The van der Waals surface area contributed by atoms with Crippen molar-refractivity contribution in [2.45, 2.75) is 44.2 Å². The molecule has 1 aromatic rings. The zero-order chi connectivity index (χ0) is 17.5. The third-order valence-corrected chi connectivity index (χ3v) is 5.63. The van der Waals surface area contributed by atoms with Gasteiger partial charge in [-0.15, -0.1) is 24.0 Å². The van der Waals surface area contributed by atoms with Crippen LogP contribution in [0.3, 0.4) is 0 Å². The zero-order valence-electron chi connectivity index (χ0n) is 16.0. The molecule has 0 spiro atoms. The highest BCUT2D eigenvalue weighted by Gasteiger charge is 2.38. The summed E-state index contributed by atoms with van der Waals surface area (Å²) in [5.74, 6) is 0.861. The summed E-state index contributed by atoms with van der Waals surface area (Å²) in [7, 11) is 3.80. The van der Waals surface area contributed by atoms with E-state index in [1.54, 1.807) is 0 Å². The molecule has 2 aliphatic rings. The molecule has 2 heterocycles. The van der Waals surface area contributed by atoms with Crippen molar-refractivity contribution < 1.29 is 4.74 Å². The van der Waals surface area contributed by atoms with Crippen LogP contribution in [0.15, 0.2) is 17.3 Å². The predicted molar refractivity (Wildman–Crippen MR) is 115 cm³/mol. The molecule has 0 radical (unpaired) electrons. The maximum Gasteiger partial charge on any atom is 0.191 e. The van der Waals surface area contributed by atoms with Crippen LogP contribution in [0.25, 0.3) is 0 Å². The van der Waals surface area contributed by atoms with Crippen LogP contribution in [0.4, 0.5) is 0 Å². The molecule has 0 aromatic carbocycles. The number of aliphatic imine (C=N–C) groups is 1. The Morgan fingerprint density at radius 3 is 2.58 bits per heavy atom. The highest BCUT2D eigenvalue weighted by Crippen LogP contribution is 2.33. The maximum atomic E-state index is 5.57. The molecule has 1 aliphatic carbocycles. The maximum absolute atomic E-state index is 5.57. The van der Waals surface area contributed by atoms with E-state index in [0.29, 0.717) is 0 Å². The summed E-state index contributed by atoms with van der Waals surface area (Å²) in [6.07, 6.45) is 8.35. The lowest BCUT2D eigenvalue weighted by atomic mass is 9.80. The third kappa shape index (κ3) is 5.32. The summed E-state index contributed by atoms with van der Waals surface area (Å²) in [6.45, 7) is 5.47. The molecule has 0 atom stereocenters. The molecule has 8 heteroatoms. The number of rotatable bonds is 5. The molecule has 1 saturated carbocycles. The van der Waals surface area contributed by atoms with Crippen LogP contribution in [-0.4, -0.2) is 66.1 Å². The molecule has 3 rings (SSSR count). The van der Waals surface area contributed by atoms with Crippen LogP contribution >= 0.6 is 24.0 Å². The number of morpholine rings is 1. The summed E-state index contributed by atoms with van der Waals surface area (Å²) in [4.78, 5) is 7.05. The van der Waals surface area contributed by atoms with Gasteiger partial charge in [-0.3, -0.25) is 14.6 Å². The zero-order valence-corrected chi connectivity index (χ0v) is 18.4. The number of nitrogens with zero attached hydrogens (tertiary/aromatic N) is 4. The van der Waals surface area contributed by atoms with E-state index in [9.17, 15) is 0 Å². The minimum atomic E-state index is 0. The van der Waals surface area contributed by atoms with Gasteiger partial charge in [0.15, 0.2) is 5.96 Å². The average molecular weight is 476 g/mol. The van der Waals surface area contributed by atoms with E-state index in [1.165, 1.54) is 32.1 Å². The highest BCUT2D eigenvalue weighted by atomic mass is 127. The Hall–Kier alpha value is -0.870. The Bertz CT molecular complexity index is 564. The molecule has 1 aromatic heterocycles. The molecule has 1 aliphatic heterocycles. The molecular weight excluding hydrogens is 443 g/mol. The van der Waals surface area contributed by atoms with E-state index in [2.05, 4.69) is 25.6 Å². The number of halogens is 1. The summed E-state index contributed by atoms with van der Waals surface area (Å²) < 4.78 is 7.45. The van der Waals surface area contributed by atoms with E-state index < -0.39 is 0 Å². The van der Waals surface area contributed by atoms with Crippen molar-refractivity contribution in [2.24, 2.45) is 12.0 Å². The van der Waals surface area contributed by atoms with Gasteiger partial charge in [-0.2, -0.15) is 5.10 Å². The Kier molecular flexibility index (Phi) is 8.62. The first-order valence-electron chi connectivity index (χ1n) is 9.48. The van der Waals surface area contributed by atoms with Crippen LogP contribution in [0.5, 0.6) is 0 Å². The minimum absolute atomic E-state index is 0. The number of hydrogen-bond donors (Lipinski definition) is 2. The van der Waals surface area contributed by atoms with Crippen molar-refractivity contribution in [1.29, 1.82) is 0 Å². The van der Waals surface area contributed by atoms with Crippen molar-refractivity contribution in [1.82, 2.24) is 25.3 Å². The molecule has 0 bridgehead atoms. The fourth-order valence-electron chi connectivity index (χ4n) is 4.07. The van der Waals surface area contributed by atoms with Gasteiger partial charge in [-0.05, 0) is 18.9 Å². The van der Waals surface area contributed by atoms with Crippen LogP contribution in [0.2, 0.25) is 0 Å². The summed E-state index contributed by atoms with van der Waals surface area (Å²) in [5, 5.41) is 11.2. The molecule has 148 valence electrons. The largest absolute Gasteiger partial charge is 0.379 e. The Morgan fingerprint density at radius 2 is 1.96 bits per heavy atom. The minimum Gasteiger partial charge on any atom is -0.379 e. The van der Waals surface area contributed by atoms with Gasteiger partial charge in [0.25, 0.3) is 0 Å². The summed E-state index contributed by atoms with van der Waals surface area (Å²) in [6, 6.07) is 2.02. The van der Waals surface area contributed by atoms with E-state index in [1.807, 2.05) is 31.0 Å². The van der Waals surface area contributed by atoms with Gasteiger partial charge in [0.1, 0.15) is 0 Å². The fraction of sp³-hybridized carbons (Fsp3) is 0.778. The topological polar surface area (TPSA) is 66.7 Å². The van der Waals surface area contributed by atoms with Gasteiger partial charge in [-0.25, -0.2) is 0 Å². The quantitative estimate of drug-likeness (QED) is 0.385. The second kappa shape index (κ2) is 10.5. The first kappa shape index (κ1) is 21.4. The van der Waals surface area contributed by atoms with Crippen molar-refractivity contribution in [3.63, 3.8) is 0 Å². The van der Waals surface area contributed by atoms with E-state index in [0.717, 1.165) is 51.0 Å². The molecule has 2 fully saturated rings. The molecular formula is C18H33IN6O. The summed E-state index contributed by atoms with van der Waals surface area (Å²) >= 11 is 0. The number of aryl methyl sites for hydroxylation is 1. The SMILES string of the molecule is CN=C(NCc1ccnn1C)NCC1(N2CCOCC2)CCCCC1.I. The standard InChI is InChI=1S/C18H32N6O.HI/c1-19-17(20-14-16-6-9-22-23(16)2)21-15-18(7-4-3-5-8-18)24-10-12-25-13-11-24;/h6,9H,3-5,7-8,10-15H2,1-2H3,(H2,19,20,21);1H. The Balaban J connectivity index is 0.00000243. The van der Waals surface area contributed by atoms with Gasteiger partial charge < -0.3 is 15.4 Å². The second-order valence-electron chi connectivity index (χ2n) is 7.11. The monoisotopic (exact) mass is 476 g/mol. The molecule has 0 amide bonds. The van der Waals surface area contributed by atoms with Gasteiger partial charge in [0.05, 0.1) is 25.5 Å². The fourth-order valence-corrected chi connectivity index (χ4v) is 4.07. The smallest absolute Gasteiger partial charge is 0.191 e. The van der Waals surface area contributed by atoms with Crippen LogP contribution in [0, 0.1) is 0 Å². The average Bonchev–Trinajstić information content (AvgIpc) is 3.08. The lowest BCUT2D eigenvalue weighted by Gasteiger charge is -2.48. The Labute approximate surface area is 174 Å². The van der Waals surface area contributed by atoms with Crippen LogP contribution in [-0.2, 0) is 18.3 Å². The molecule has 2 N–H and O–H groups in total. The normalized spacial score (nSPS) is 21.1. The van der Waals surface area contributed by atoms with Crippen LogP contribution in [0.1, 0.15) is 37.8 Å². The second-order valence-corrected chi connectivity index (χ2v) is 7.11. The Morgan fingerprint density at radius 1 is 1.23 bits per heavy atom. The molecule has 7 nitrogen and oxygen atoms in total. The molecule has 0 unspecified atom stereocenters. The number of guanidine groups is 1. The van der Waals surface area contributed by atoms with E-state index >= 15 is 0 Å². The predicted octanol–water partition coefficient (Wildman–Crippen LogP) is 1.74. The van der Waals surface area contributed by atoms with Crippen LogP contribution < -0.4 is 10.6 Å². The van der Waals surface area contributed by atoms with Crippen molar-refractivity contribution in [2.75, 3.05) is 39.9 Å². The third-order valence-electron chi connectivity index (χ3n) is 5.63. The molecule has 1 saturated heterocycles. The highest BCUT2D eigenvalue weighted by molar-refractivity contribution is 14.0. The van der Waals surface area contributed by atoms with Gasteiger partial charge in [0, 0.05) is 45.5 Å². The number of hydrogen-bond acceptors (Lipinski definition) is 4. The first-order valence-corrected chi connectivity index (χ1v) is 9.48. The van der Waals surface area contributed by atoms with Gasteiger partial charge >= 0.3 is 0 Å². The lowest BCUT2D eigenvalue weighted by molar-refractivity contribution is -0.0352. The first-order chi connectivity index (χ1) is 12.2. The van der Waals surface area contributed by atoms with Gasteiger partial charge in [0.2, 0.25) is 0 Å². The van der Waals surface area contributed by atoms with Crippen molar-refractivity contribution >= 4 is 29.9 Å². The van der Waals surface area contributed by atoms with E-state index in [-0.39, 0.29) is 29.5 Å². The number of aromatic nitrogens is 2. The van der Waals surface area contributed by atoms with Crippen molar-refractivity contribution in [3.05, 3.63) is 18.0 Å². The van der Waals surface area contributed by atoms with Gasteiger partial charge in [-0.1, -0.05) is 19.3 Å². The number of ether oxygens (including phenoxy) is 1. The molecule has 26 heavy (non-hydrogen) atoms. The number of nitrogens with one attached hydrogen (secondary N) is 2.